The molecule has 1 aromatic heterocycles. The first-order valence-corrected chi connectivity index (χ1v) is 10.3. The molecule has 0 spiro atoms. The molecule has 146 valence electrons. The van der Waals surface area contributed by atoms with Gasteiger partial charge in [-0.25, -0.2) is 17.8 Å². The summed E-state index contributed by atoms with van der Waals surface area (Å²) >= 11 is 0. The highest BCUT2D eigenvalue weighted by atomic mass is 32.2. The Kier molecular flexibility index (Phi) is 4.92. The predicted molar refractivity (Wildman–Crippen MR) is 93.5 cm³/mol. The van der Waals surface area contributed by atoms with Crippen LogP contribution in [0.5, 0.6) is 5.75 Å². The van der Waals surface area contributed by atoms with Crippen LogP contribution >= 0.6 is 0 Å². The summed E-state index contributed by atoms with van der Waals surface area (Å²) in [5.41, 5.74) is 0.639. The number of ether oxygens (including phenoxy) is 2. The molecule has 2 aliphatic heterocycles. The third kappa shape index (κ3) is 3.46. The van der Waals surface area contributed by atoms with Gasteiger partial charge in [-0.1, -0.05) is 0 Å². The molecular formula is C18H21FN2O5S. The Morgan fingerprint density at radius 1 is 1.30 bits per heavy atom. The number of halogens is 1. The second kappa shape index (κ2) is 7.21. The molecule has 2 aromatic rings. The number of methoxy groups -OCH3 is 1. The van der Waals surface area contributed by atoms with E-state index in [-0.39, 0.29) is 29.7 Å². The molecule has 1 saturated heterocycles. The maximum Gasteiger partial charge on any atom is 0.243 e. The van der Waals surface area contributed by atoms with E-state index in [9.17, 15) is 12.8 Å². The van der Waals surface area contributed by atoms with Crippen LogP contribution in [0.2, 0.25) is 0 Å². The standard InChI is InChI=1S/C18H21FN2O5S/c1-24-16-3-2-13(10-14(16)19)27(22,23)21-7-4-17-15(11-21)20-18(26-17)12-5-8-25-9-6-12/h2-3,10,12H,4-9,11H2,1H3. The van der Waals surface area contributed by atoms with E-state index in [2.05, 4.69) is 4.98 Å². The van der Waals surface area contributed by atoms with Crippen molar-refractivity contribution in [3.05, 3.63) is 41.4 Å². The molecule has 0 atom stereocenters. The molecule has 0 N–H and O–H groups in total. The maximum absolute atomic E-state index is 14.0. The fraction of sp³-hybridized carbons (Fsp3) is 0.500. The van der Waals surface area contributed by atoms with Crippen LogP contribution in [0.25, 0.3) is 0 Å². The topological polar surface area (TPSA) is 81.9 Å². The molecule has 1 aromatic carbocycles. The monoisotopic (exact) mass is 396 g/mol. The molecule has 0 saturated carbocycles. The van der Waals surface area contributed by atoms with Gasteiger partial charge in [0.2, 0.25) is 10.0 Å². The van der Waals surface area contributed by atoms with E-state index in [1.54, 1.807) is 0 Å². The fourth-order valence-electron chi connectivity index (χ4n) is 3.48. The third-order valence-corrected chi connectivity index (χ3v) is 6.88. The van der Waals surface area contributed by atoms with Crippen molar-refractivity contribution in [2.45, 2.75) is 36.6 Å². The molecular weight excluding hydrogens is 375 g/mol. The average Bonchev–Trinajstić information content (AvgIpc) is 3.12. The maximum atomic E-state index is 14.0. The van der Waals surface area contributed by atoms with Crippen molar-refractivity contribution in [3.63, 3.8) is 0 Å². The summed E-state index contributed by atoms with van der Waals surface area (Å²) in [7, 11) is -2.50. The van der Waals surface area contributed by atoms with Crippen LogP contribution < -0.4 is 4.74 Å². The minimum absolute atomic E-state index is 0.00693. The van der Waals surface area contributed by atoms with Crippen LogP contribution in [-0.2, 0) is 27.7 Å². The van der Waals surface area contributed by atoms with E-state index in [1.807, 2.05) is 0 Å². The number of nitrogens with zero attached hydrogens (tertiary/aromatic N) is 2. The molecule has 0 unspecified atom stereocenters. The van der Waals surface area contributed by atoms with Gasteiger partial charge in [-0.05, 0) is 31.0 Å². The Hall–Kier alpha value is -1.97. The van der Waals surface area contributed by atoms with Crippen LogP contribution in [0.15, 0.2) is 27.5 Å². The first-order valence-electron chi connectivity index (χ1n) is 8.89. The van der Waals surface area contributed by atoms with Gasteiger partial charge < -0.3 is 13.9 Å². The summed E-state index contributed by atoms with van der Waals surface area (Å²) in [5, 5.41) is 0. The Morgan fingerprint density at radius 3 is 2.78 bits per heavy atom. The molecule has 2 aliphatic rings. The first kappa shape index (κ1) is 18.4. The van der Waals surface area contributed by atoms with Crippen molar-refractivity contribution in [1.82, 2.24) is 9.29 Å². The Labute approximate surface area is 157 Å². The Bertz CT molecular complexity index is 937. The summed E-state index contributed by atoms with van der Waals surface area (Å²) in [5.74, 6) is 0.916. The van der Waals surface area contributed by atoms with Gasteiger partial charge in [0, 0.05) is 32.1 Å². The number of sulfonamides is 1. The summed E-state index contributed by atoms with van der Waals surface area (Å²) in [4.78, 5) is 4.45. The largest absolute Gasteiger partial charge is 0.494 e. The number of rotatable bonds is 4. The lowest BCUT2D eigenvalue weighted by Crippen LogP contribution is -2.35. The molecule has 4 rings (SSSR count). The summed E-state index contributed by atoms with van der Waals surface area (Å²) in [6, 6.07) is 3.65. The lowest BCUT2D eigenvalue weighted by atomic mass is 10.0. The van der Waals surface area contributed by atoms with Gasteiger partial charge in [0.25, 0.3) is 0 Å². The van der Waals surface area contributed by atoms with Crippen LogP contribution in [0.3, 0.4) is 0 Å². The normalized spacial score (nSPS) is 19.0. The van der Waals surface area contributed by atoms with Crippen molar-refractivity contribution in [1.29, 1.82) is 0 Å². The SMILES string of the molecule is COc1ccc(S(=O)(=O)N2CCc3oc(C4CCOCC4)nc3C2)cc1F. The van der Waals surface area contributed by atoms with Crippen LogP contribution in [0.1, 0.15) is 36.1 Å². The van der Waals surface area contributed by atoms with Gasteiger partial charge >= 0.3 is 0 Å². The number of fused-ring (bicyclic) bond motifs is 1. The molecule has 0 bridgehead atoms. The molecule has 0 radical (unpaired) electrons. The van der Waals surface area contributed by atoms with Crippen molar-refractivity contribution in [3.8, 4) is 5.75 Å². The van der Waals surface area contributed by atoms with Crippen molar-refractivity contribution in [2.75, 3.05) is 26.9 Å². The minimum atomic E-state index is -3.83. The summed E-state index contributed by atoms with van der Waals surface area (Å²) in [6.45, 7) is 1.76. The number of aromatic nitrogens is 1. The zero-order valence-corrected chi connectivity index (χ0v) is 15.8. The second-order valence-corrected chi connectivity index (χ2v) is 8.63. The first-order chi connectivity index (χ1) is 13.0. The van der Waals surface area contributed by atoms with Gasteiger partial charge in [-0.15, -0.1) is 0 Å². The predicted octanol–water partition coefficient (Wildman–Crippen LogP) is 2.46. The number of oxazole rings is 1. The smallest absolute Gasteiger partial charge is 0.243 e. The summed E-state index contributed by atoms with van der Waals surface area (Å²) in [6.07, 6.45) is 2.16. The van der Waals surface area contributed by atoms with Crippen LogP contribution in [0, 0.1) is 5.82 Å². The Morgan fingerprint density at radius 2 is 2.07 bits per heavy atom. The lowest BCUT2D eigenvalue weighted by Gasteiger charge is -2.24. The molecule has 27 heavy (non-hydrogen) atoms. The molecule has 7 nitrogen and oxygen atoms in total. The zero-order chi connectivity index (χ0) is 19.0. The van der Waals surface area contributed by atoms with E-state index in [4.69, 9.17) is 13.9 Å². The van der Waals surface area contributed by atoms with E-state index < -0.39 is 15.8 Å². The quantitative estimate of drug-likeness (QED) is 0.790. The van der Waals surface area contributed by atoms with E-state index >= 15 is 0 Å². The van der Waals surface area contributed by atoms with Gasteiger partial charge in [0.1, 0.15) is 5.76 Å². The van der Waals surface area contributed by atoms with Gasteiger partial charge in [-0.2, -0.15) is 4.31 Å². The number of benzene rings is 1. The van der Waals surface area contributed by atoms with Gasteiger partial charge in [0.05, 0.1) is 24.2 Å². The summed E-state index contributed by atoms with van der Waals surface area (Å²) < 4.78 is 57.2. The van der Waals surface area contributed by atoms with Gasteiger partial charge in [0.15, 0.2) is 17.5 Å². The number of hydrogen-bond acceptors (Lipinski definition) is 6. The highest BCUT2D eigenvalue weighted by Crippen LogP contribution is 2.32. The van der Waals surface area contributed by atoms with Crippen molar-refractivity contribution >= 4 is 10.0 Å². The van der Waals surface area contributed by atoms with Crippen molar-refractivity contribution in [2.24, 2.45) is 0 Å². The third-order valence-electron chi connectivity index (χ3n) is 5.04. The lowest BCUT2D eigenvalue weighted by molar-refractivity contribution is 0.0791. The van der Waals surface area contributed by atoms with Crippen LogP contribution in [0.4, 0.5) is 4.39 Å². The fourth-order valence-corrected chi connectivity index (χ4v) is 4.89. The van der Waals surface area contributed by atoms with Gasteiger partial charge in [-0.3, -0.25) is 0 Å². The zero-order valence-electron chi connectivity index (χ0n) is 15.0. The van der Waals surface area contributed by atoms with E-state index in [0.717, 1.165) is 24.7 Å². The average molecular weight is 396 g/mol. The highest BCUT2D eigenvalue weighted by molar-refractivity contribution is 7.89. The molecule has 0 aliphatic carbocycles. The molecule has 9 heteroatoms. The molecule has 0 amide bonds. The highest BCUT2D eigenvalue weighted by Gasteiger charge is 2.33. The molecule has 1 fully saturated rings. The number of hydrogen-bond donors (Lipinski definition) is 0. The van der Waals surface area contributed by atoms with Crippen molar-refractivity contribution < 1.29 is 26.7 Å². The van der Waals surface area contributed by atoms with E-state index in [0.29, 0.717) is 31.2 Å². The molecule has 3 heterocycles. The van der Waals surface area contributed by atoms with Crippen LogP contribution in [-0.4, -0.2) is 44.6 Å². The second-order valence-electron chi connectivity index (χ2n) is 6.69. The van der Waals surface area contributed by atoms with E-state index in [1.165, 1.54) is 23.5 Å². The Balaban J connectivity index is 1.56. The minimum Gasteiger partial charge on any atom is -0.494 e.